The summed E-state index contributed by atoms with van der Waals surface area (Å²) in [5, 5.41) is 11.4. The maximum atomic E-state index is 12.7. The number of rotatable bonds is 3. The summed E-state index contributed by atoms with van der Waals surface area (Å²) < 4.78 is 5.54. The highest BCUT2D eigenvalue weighted by atomic mass is 16.5. The van der Waals surface area contributed by atoms with Gasteiger partial charge in [-0.2, -0.15) is 5.10 Å². The molecule has 1 atom stereocenters. The van der Waals surface area contributed by atoms with Crippen LogP contribution >= 0.6 is 0 Å². The van der Waals surface area contributed by atoms with E-state index in [-0.39, 0.29) is 6.03 Å². The number of anilines is 1. The normalized spacial score (nSPS) is 28.5. The first-order chi connectivity index (χ1) is 11.8. The summed E-state index contributed by atoms with van der Waals surface area (Å²) in [6, 6.07) is 4.25. The van der Waals surface area contributed by atoms with Crippen LogP contribution in [0.2, 0.25) is 0 Å². The van der Waals surface area contributed by atoms with Crippen LogP contribution in [-0.4, -0.2) is 46.9 Å². The van der Waals surface area contributed by atoms with Gasteiger partial charge in [-0.3, -0.25) is 5.32 Å². The van der Waals surface area contributed by atoms with Gasteiger partial charge < -0.3 is 9.64 Å². The first-order valence-electron chi connectivity index (χ1n) is 9.24. The van der Waals surface area contributed by atoms with E-state index in [0.717, 1.165) is 38.3 Å². The summed E-state index contributed by atoms with van der Waals surface area (Å²) in [6.45, 7) is 2.54. The van der Waals surface area contributed by atoms with Crippen molar-refractivity contribution in [3.8, 4) is 0 Å². The van der Waals surface area contributed by atoms with Crippen molar-refractivity contribution >= 4 is 11.8 Å². The zero-order valence-electron chi connectivity index (χ0n) is 13.9. The molecule has 0 bridgehead atoms. The molecule has 6 heteroatoms. The Morgan fingerprint density at radius 2 is 1.96 bits per heavy atom. The summed E-state index contributed by atoms with van der Waals surface area (Å²) in [5.41, 5.74) is 1.35. The summed E-state index contributed by atoms with van der Waals surface area (Å²) in [7, 11) is 0. The predicted octanol–water partition coefficient (Wildman–Crippen LogP) is 2.78. The molecule has 1 aromatic heterocycles. The van der Waals surface area contributed by atoms with Gasteiger partial charge in [0.25, 0.3) is 0 Å². The lowest BCUT2D eigenvalue weighted by Gasteiger charge is -2.59. The molecule has 2 saturated carbocycles. The van der Waals surface area contributed by atoms with Gasteiger partial charge in [-0.25, -0.2) is 4.79 Å². The molecule has 4 aliphatic rings. The molecule has 1 aromatic rings. The van der Waals surface area contributed by atoms with Crippen molar-refractivity contribution in [1.29, 1.82) is 0 Å². The van der Waals surface area contributed by atoms with Crippen molar-refractivity contribution in [1.82, 2.24) is 15.1 Å². The fraction of sp³-hybridized carbons (Fsp3) is 0.722. The molecule has 2 aliphatic carbocycles. The van der Waals surface area contributed by atoms with Crippen molar-refractivity contribution in [3.05, 3.63) is 17.8 Å². The quantitative estimate of drug-likeness (QED) is 0.926. The number of carbonyl (C=O) groups excluding carboxylic acids is 1. The van der Waals surface area contributed by atoms with Crippen LogP contribution in [0.1, 0.15) is 50.1 Å². The van der Waals surface area contributed by atoms with Gasteiger partial charge in [0.15, 0.2) is 5.82 Å². The minimum absolute atomic E-state index is 0.0162. The van der Waals surface area contributed by atoms with E-state index < -0.39 is 0 Å². The van der Waals surface area contributed by atoms with Gasteiger partial charge in [0.05, 0.1) is 5.69 Å². The largest absolute Gasteiger partial charge is 0.381 e. The Hall–Kier alpha value is -1.69. The predicted molar refractivity (Wildman–Crippen MR) is 88.7 cm³/mol. The van der Waals surface area contributed by atoms with Crippen LogP contribution in [0.15, 0.2) is 12.1 Å². The highest BCUT2D eigenvalue weighted by Crippen LogP contribution is 2.54. The third kappa shape index (κ3) is 2.48. The molecule has 2 aliphatic heterocycles. The summed E-state index contributed by atoms with van der Waals surface area (Å²) in [6.07, 6.45) is 7.12. The van der Waals surface area contributed by atoms with E-state index in [4.69, 9.17) is 4.74 Å². The maximum absolute atomic E-state index is 12.7. The van der Waals surface area contributed by atoms with Crippen molar-refractivity contribution in [2.75, 3.05) is 25.1 Å². The van der Waals surface area contributed by atoms with Gasteiger partial charge in [0, 0.05) is 37.1 Å². The summed E-state index contributed by atoms with van der Waals surface area (Å²) in [5.74, 6) is 1.84. The second-order valence-corrected chi connectivity index (χ2v) is 7.93. The summed E-state index contributed by atoms with van der Waals surface area (Å²) in [4.78, 5) is 14.7. The van der Waals surface area contributed by atoms with E-state index in [1.54, 1.807) is 0 Å². The van der Waals surface area contributed by atoms with Gasteiger partial charge in [-0.05, 0) is 56.6 Å². The molecule has 1 spiro atoms. The number of amides is 2. The Morgan fingerprint density at radius 1 is 1.17 bits per heavy atom. The Morgan fingerprint density at radius 3 is 2.58 bits per heavy atom. The SMILES string of the molecule is O=C(Nc1ccc(C2CC2)nn1)N1CC2(CCOCC2)C1C1CC1. The molecule has 1 N–H and O–H groups in total. The molecule has 1 unspecified atom stereocenters. The Kier molecular flexibility index (Phi) is 3.30. The van der Waals surface area contributed by atoms with Gasteiger partial charge in [0.2, 0.25) is 0 Å². The number of likely N-dealkylation sites (tertiary alicyclic amines) is 1. The van der Waals surface area contributed by atoms with Gasteiger partial charge >= 0.3 is 6.03 Å². The second-order valence-electron chi connectivity index (χ2n) is 7.93. The Labute approximate surface area is 142 Å². The lowest BCUT2D eigenvalue weighted by molar-refractivity contribution is -0.115. The van der Waals surface area contributed by atoms with Crippen molar-refractivity contribution < 1.29 is 9.53 Å². The van der Waals surface area contributed by atoms with Crippen molar-refractivity contribution in [2.45, 2.75) is 50.5 Å². The van der Waals surface area contributed by atoms with Crippen LogP contribution < -0.4 is 5.32 Å². The van der Waals surface area contributed by atoms with Crippen molar-refractivity contribution in [2.24, 2.45) is 11.3 Å². The molecule has 2 amide bonds. The molecule has 24 heavy (non-hydrogen) atoms. The molecule has 6 nitrogen and oxygen atoms in total. The van der Waals surface area contributed by atoms with E-state index >= 15 is 0 Å². The van der Waals surface area contributed by atoms with E-state index in [2.05, 4.69) is 15.5 Å². The van der Waals surface area contributed by atoms with Crippen LogP contribution in [0.5, 0.6) is 0 Å². The molecule has 2 saturated heterocycles. The number of urea groups is 1. The fourth-order valence-electron chi connectivity index (χ4n) is 4.53. The van der Waals surface area contributed by atoms with Gasteiger partial charge in [-0.1, -0.05) is 0 Å². The van der Waals surface area contributed by atoms with E-state index in [1.165, 1.54) is 25.7 Å². The topological polar surface area (TPSA) is 67.4 Å². The minimum Gasteiger partial charge on any atom is -0.381 e. The maximum Gasteiger partial charge on any atom is 0.323 e. The van der Waals surface area contributed by atoms with E-state index in [0.29, 0.717) is 29.1 Å². The Bertz CT molecular complexity index is 633. The molecular weight excluding hydrogens is 304 g/mol. The molecule has 0 radical (unpaired) electrons. The zero-order valence-corrected chi connectivity index (χ0v) is 13.9. The molecule has 3 heterocycles. The lowest BCUT2D eigenvalue weighted by Crippen LogP contribution is -2.69. The summed E-state index contributed by atoms with van der Waals surface area (Å²) >= 11 is 0. The average molecular weight is 328 g/mol. The number of ether oxygens (including phenoxy) is 1. The fourth-order valence-corrected chi connectivity index (χ4v) is 4.53. The van der Waals surface area contributed by atoms with Crippen LogP contribution in [0.3, 0.4) is 0 Å². The molecule has 0 aromatic carbocycles. The average Bonchev–Trinajstić information content (AvgIpc) is 3.48. The molecular formula is C18H24N4O2. The smallest absolute Gasteiger partial charge is 0.323 e. The highest BCUT2D eigenvalue weighted by Gasteiger charge is 2.59. The number of nitrogens with one attached hydrogen (secondary N) is 1. The third-order valence-electron chi connectivity index (χ3n) is 6.18. The van der Waals surface area contributed by atoms with Crippen LogP contribution in [0.4, 0.5) is 10.6 Å². The molecule has 128 valence electrons. The molecule has 5 rings (SSSR count). The highest BCUT2D eigenvalue weighted by molar-refractivity contribution is 5.89. The number of hydrogen-bond donors (Lipinski definition) is 1. The van der Waals surface area contributed by atoms with Gasteiger partial charge in [0.1, 0.15) is 0 Å². The van der Waals surface area contributed by atoms with Crippen molar-refractivity contribution in [3.63, 3.8) is 0 Å². The van der Waals surface area contributed by atoms with Crippen LogP contribution in [0, 0.1) is 11.3 Å². The monoisotopic (exact) mass is 328 g/mol. The first kappa shape index (κ1) is 14.6. The lowest BCUT2D eigenvalue weighted by atomic mass is 9.64. The number of hydrogen-bond acceptors (Lipinski definition) is 4. The second kappa shape index (κ2) is 5.41. The van der Waals surface area contributed by atoms with Gasteiger partial charge in [-0.15, -0.1) is 5.10 Å². The first-order valence-corrected chi connectivity index (χ1v) is 9.24. The van der Waals surface area contributed by atoms with Crippen LogP contribution in [0.25, 0.3) is 0 Å². The number of carbonyl (C=O) groups is 1. The minimum atomic E-state index is -0.0162. The van der Waals surface area contributed by atoms with E-state index in [1.807, 2.05) is 17.0 Å². The standard InChI is InChI=1S/C18H24N4O2/c23-17(19-15-6-5-14(20-21-15)12-1-2-12)22-11-18(7-9-24-10-8-18)16(22)13-3-4-13/h5-6,12-13,16H,1-4,7-11H2,(H,19,21,23). The number of nitrogens with zero attached hydrogens (tertiary/aromatic N) is 3. The van der Waals surface area contributed by atoms with E-state index in [9.17, 15) is 4.79 Å². The molecule has 4 fully saturated rings. The zero-order chi connectivity index (χ0) is 16.1. The number of aromatic nitrogens is 2. The van der Waals surface area contributed by atoms with Crippen LogP contribution in [-0.2, 0) is 4.74 Å². The Balaban J connectivity index is 1.26. The third-order valence-corrected chi connectivity index (χ3v) is 6.18.